The third-order valence-corrected chi connectivity index (χ3v) is 7.62. The zero-order valence-corrected chi connectivity index (χ0v) is 23.6. The summed E-state index contributed by atoms with van der Waals surface area (Å²) in [6.45, 7) is 4.24. The number of carbonyl (C=O) groups excluding carboxylic acids is 1. The standard InChI is InChI=1S/C30H27N5O4S/c1-17-6-11-28-31-23(15-35(28)33-17)27-14-22-25(12-21(37-5)13-26(22)39-27)38-16-24-18(2)40-29(32-24)19-7-9-20(10-8-19)30(36)34(3)4/h6-15H,16H2,1-5H3. The fourth-order valence-electron chi connectivity index (χ4n) is 4.39. The third-order valence-electron chi connectivity index (χ3n) is 6.56. The van der Waals surface area contributed by atoms with Crippen LogP contribution in [0.3, 0.4) is 0 Å². The van der Waals surface area contributed by atoms with Crippen LogP contribution >= 0.6 is 11.3 Å². The highest BCUT2D eigenvalue weighted by Crippen LogP contribution is 2.37. The molecule has 0 fully saturated rings. The highest BCUT2D eigenvalue weighted by Gasteiger charge is 2.17. The Morgan fingerprint density at radius 1 is 1.05 bits per heavy atom. The molecule has 9 nitrogen and oxygen atoms in total. The van der Waals surface area contributed by atoms with E-state index in [0.29, 0.717) is 34.1 Å². The van der Waals surface area contributed by atoms with Crippen molar-refractivity contribution in [2.24, 2.45) is 0 Å². The molecule has 40 heavy (non-hydrogen) atoms. The summed E-state index contributed by atoms with van der Waals surface area (Å²) in [4.78, 5) is 24.3. The average Bonchev–Trinajstić information content (AvgIpc) is 3.67. The third kappa shape index (κ3) is 4.77. The molecule has 4 aromatic heterocycles. The summed E-state index contributed by atoms with van der Waals surface area (Å²) in [6.07, 6.45) is 1.85. The van der Waals surface area contributed by atoms with E-state index < -0.39 is 0 Å². The van der Waals surface area contributed by atoms with E-state index in [4.69, 9.17) is 18.9 Å². The smallest absolute Gasteiger partial charge is 0.253 e. The number of methoxy groups -OCH3 is 1. The minimum atomic E-state index is -0.0316. The Balaban J connectivity index is 1.27. The summed E-state index contributed by atoms with van der Waals surface area (Å²) in [5, 5.41) is 6.16. The van der Waals surface area contributed by atoms with Gasteiger partial charge in [0.1, 0.15) is 34.4 Å². The summed E-state index contributed by atoms with van der Waals surface area (Å²) in [7, 11) is 5.09. The van der Waals surface area contributed by atoms with Crippen molar-refractivity contribution in [3.63, 3.8) is 0 Å². The summed E-state index contributed by atoms with van der Waals surface area (Å²) < 4.78 is 19.7. The lowest BCUT2D eigenvalue weighted by atomic mass is 10.1. The number of amides is 1. The van der Waals surface area contributed by atoms with E-state index in [1.165, 1.54) is 0 Å². The Morgan fingerprint density at radius 2 is 1.85 bits per heavy atom. The molecule has 0 saturated carbocycles. The Bertz CT molecular complexity index is 1870. The summed E-state index contributed by atoms with van der Waals surface area (Å²) >= 11 is 1.59. The number of furan rings is 1. The van der Waals surface area contributed by atoms with Gasteiger partial charge in [-0.2, -0.15) is 5.10 Å². The topological polar surface area (TPSA) is 95.0 Å². The van der Waals surface area contributed by atoms with Gasteiger partial charge in [-0.25, -0.2) is 14.5 Å². The first-order chi connectivity index (χ1) is 19.3. The van der Waals surface area contributed by atoms with Gasteiger partial charge >= 0.3 is 0 Å². The molecule has 0 radical (unpaired) electrons. The van der Waals surface area contributed by atoms with Crippen molar-refractivity contribution in [1.82, 2.24) is 24.5 Å². The predicted octanol–water partition coefficient (Wildman–Crippen LogP) is 6.17. The quantitative estimate of drug-likeness (QED) is 0.233. The molecule has 6 aromatic rings. The van der Waals surface area contributed by atoms with E-state index in [1.54, 1.807) is 42.0 Å². The largest absolute Gasteiger partial charge is 0.496 e. The number of hydrogen-bond acceptors (Lipinski definition) is 8. The number of benzene rings is 2. The van der Waals surface area contributed by atoms with Gasteiger partial charge in [0.05, 0.1) is 30.1 Å². The number of fused-ring (bicyclic) bond motifs is 2. The van der Waals surface area contributed by atoms with Crippen molar-refractivity contribution >= 4 is 33.9 Å². The zero-order chi connectivity index (χ0) is 28.0. The first-order valence-electron chi connectivity index (χ1n) is 12.6. The van der Waals surface area contributed by atoms with Gasteiger partial charge in [0, 0.05) is 42.2 Å². The SMILES string of the molecule is COc1cc(OCc2nc(-c3ccc(C(=O)N(C)C)cc3)sc2C)c2cc(-c3cn4nc(C)ccc4n3)oc2c1. The minimum absolute atomic E-state index is 0.0316. The predicted molar refractivity (Wildman–Crippen MR) is 154 cm³/mol. The van der Waals surface area contributed by atoms with Gasteiger partial charge in [-0.3, -0.25) is 4.79 Å². The van der Waals surface area contributed by atoms with Gasteiger partial charge in [-0.15, -0.1) is 11.3 Å². The maximum absolute atomic E-state index is 12.2. The fourth-order valence-corrected chi connectivity index (χ4v) is 5.31. The van der Waals surface area contributed by atoms with Crippen LogP contribution in [0.25, 0.3) is 38.6 Å². The van der Waals surface area contributed by atoms with Crippen molar-refractivity contribution in [2.75, 3.05) is 21.2 Å². The Kier molecular flexibility index (Phi) is 6.47. The first-order valence-corrected chi connectivity index (χ1v) is 13.5. The molecule has 0 saturated heterocycles. The van der Waals surface area contributed by atoms with Crippen molar-refractivity contribution in [3.8, 4) is 33.5 Å². The van der Waals surface area contributed by atoms with Crippen LogP contribution in [0.1, 0.15) is 26.6 Å². The Labute approximate surface area is 234 Å². The molecule has 0 spiro atoms. The molecule has 0 unspecified atom stereocenters. The second-order valence-electron chi connectivity index (χ2n) is 9.64. The maximum atomic E-state index is 12.2. The van der Waals surface area contributed by atoms with E-state index in [1.807, 2.05) is 74.6 Å². The molecule has 0 aliphatic carbocycles. The van der Waals surface area contributed by atoms with Crippen molar-refractivity contribution in [3.05, 3.63) is 82.6 Å². The summed E-state index contributed by atoms with van der Waals surface area (Å²) in [6, 6.07) is 17.0. The van der Waals surface area contributed by atoms with Gasteiger partial charge in [-0.05, 0) is 44.2 Å². The van der Waals surface area contributed by atoms with Gasteiger partial charge in [0.25, 0.3) is 5.91 Å². The second kappa shape index (κ2) is 10.1. The molecule has 2 aromatic carbocycles. The van der Waals surface area contributed by atoms with Crippen LogP contribution in [0.2, 0.25) is 0 Å². The normalized spacial score (nSPS) is 11.3. The highest BCUT2D eigenvalue weighted by molar-refractivity contribution is 7.15. The lowest BCUT2D eigenvalue weighted by Crippen LogP contribution is -2.21. The van der Waals surface area contributed by atoms with Crippen molar-refractivity contribution < 1.29 is 18.7 Å². The first kappa shape index (κ1) is 25.6. The number of carbonyl (C=O) groups is 1. The number of rotatable bonds is 7. The average molecular weight is 554 g/mol. The summed E-state index contributed by atoms with van der Waals surface area (Å²) in [5.74, 6) is 1.83. The number of aromatic nitrogens is 4. The van der Waals surface area contributed by atoms with E-state index in [9.17, 15) is 4.79 Å². The van der Waals surface area contributed by atoms with Crippen LogP contribution < -0.4 is 9.47 Å². The molecular formula is C30H27N5O4S. The highest BCUT2D eigenvalue weighted by atomic mass is 32.1. The van der Waals surface area contributed by atoms with Crippen molar-refractivity contribution in [2.45, 2.75) is 20.5 Å². The van der Waals surface area contributed by atoms with Gasteiger partial charge in [-0.1, -0.05) is 12.1 Å². The summed E-state index contributed by atoms with van der Waals surface area (Å²) in [5.41, 5.74) is 5.39. The van der Waals surface area contributed by atoms with Gasteiger partial charge in [0.15, 0.2) is 11.4 Å². The number of aryl methyl sites for hydroxylation is 2. The van der Waals surface area contributed by atoms with Gasteiger partial charge in [0.2, 0.25) is 0 Å². The molecule has 1 amide bonds. The molecular weight excluding hydrogens is 526 g/mol. The number of thiazole rings is 1. The zero-order valence-electron chi connectivity index (χ0n) is 22.8. The maximum Gasteiger partial charge on any atom is 0.253 e. The lowest BCUT2D eigenvalue weighted by molar-refractivity contribution is 0.0827. The van der Waals surface area contributed by atoms with Crippen LogP contribution in [0.15, 0.2) is 65.2 Å². The molecule has 0 atom stereocenters. The number of hydrogen-bond donors (Lipinski definition) is 0. The van der Waals surface area contributed by atoms with Gasteiger partial charge < -0.3 is 18.8 Å². The van der Waals surface area contributed by atoms with Crippen LogP contribution in [0.4, 0.5) is 0 Å². The van der Waals surface area contributed by atoms with E-state index in [2.05, 4.69) is 10.1 Å². The lowest BCUT2D eigenvalue weighted by Gasteiger charge is -2.10. The fraction of sp³-hybridized carbons (Fsp3) is 0.200. The van der Waals surface area contributed by atoms with E-state index >= 15 is 0 Å². The van der Waals surface area contributed by atoms with Crippen LogP contribution in [0, 0.1) is 13.8 Å². The molecule has 10 heteroatoms. The molecule has 0 aliphatic heterocycles. The number of imidazole rings is 1. The number of ether oxygens (including phenoxy) is 2. The Morgan fingerprint density at radius 3 is 2.60 bits per heavy atom. The van der Waals surface area contributed by atoms with E-state index in [-0.39, 0.29) is 12.5 Å². The second-order valence-corrected chi connectivity index (χ2v) is 10.8. The Hall–Kier alpha value is -4.70. The van der Waals surface area contributed by atoms with E-state index in [0.717, 1.165) is 37.9 Å². The van der Waals surface area contributed by atoms with Crippen molar-refractivity contribution in [1.29, 1.82) is 0 Å². The monoisotopic (exact) mass is 553 g/mol. The van der Waals surface area contributed by atoms with Crippen LogP contribution in [0.5, 0.6) is 11.5 Å². The number of nitrogens with zero attached hydrogens (tertiary/aromatic N) is 5. The molecule has 202 valence electrons. The van der Waals surface area contributed by atoms with Crippen LogP contribution in [-0.4, -0.2) is 51.6 Å². The molecule has 0 aliphatic rings. The molecule has 0 bridgehead atoms. The molecule has 4 heterocycles. The molecule has 0 N–H and O–H groups in total. The van der Waals surface area contributed by atoms with Crippen LogP contribution in [-0.2, 0) is 6.61 Å². The molecule has 6 rings (SSSR count). The minimum Gasteiger partial charge on any atom is -0.496 e.